The van der Waals surface area contributed by atoms with E-state index >= 15 is 0 Å². The zero-order valence-corrected chi connectivity index (χ0v) is 9.94. The second kappa shape index (κ2) is 4.24. The van der Waals surface area contributed by atoms with Crippen molar-refractivity contribution in [3.63, 3.8) is 0 Å². The summed E-state index contributed by atoms with van der Waals surface area (Å²) in [5.74, 6) is -0.0934. The number of aliphatic hydroxyl groups is 1. The summed E-state index contributed by atoms with van der Waals surface area (Å²) < 4.78 is 0.654. The summed E-state index contributed by atoms with van der Waals surface area (Å²) >= 11 is 3.27. The summed E-state index contributed by atoms with van der Waals surface area (Å²) in [6.45, 7) is 0.317. The molecule has 1 N–H and O–H groups in total. The first-order chi connectivity index (χ1) is 7.61. The molecule has 0 saturated carbocycles. The van der Waals surface area contributed by atoms with E-state index in [9.17, 15) is 9.90 Å². The topological polar surface area (TPSA) is 64.3 Å². The maximum Gasteiger partial charge on any atom is 0.229 e. The van der Waals surface area contributed by atoms with Crippen molar-refractivity contribution in [2.45, 2.75) is 12.5 Å². The van der Waals surface area contributed by atoms with E-state index in [1.54, 1.807) is 18.2 Å². The van der Waals surface area contributed by atoms with Crippen LogP contribution in [0.25, 0.3) is 0 Å². The summed E-state index contributed by atoms with van der Waals surface area (Å²) in [7, 11) is 0. The molecule has 0 bridgehead atoms. The van der Waals surface area contributed by atoms with Crippen molar-refractivity contribution in [2.75, 3.05) is 11.4 Å². The number of anilines is 1. The Morgan fingerprint density at radius 3 is 2.81 bits per heavy atom. The minimum absolute atomic E-state index is 0.0934. The first-order valence-corrected chi connectivity index (χ1v) is 5.59. The molecule has 1 aromatic rings. The van der Waals surface area contributed by atoms with Crippen molar-refractivity contribution in [1.82, 2.24) is 0 Å². The van der Waals surface area contributed by atoms with Gasteiger partial charge in [0, 0.05) is 10.2 Å². The van der Waals surface area contributed by atoms with Gasteiger partial charge in [-0.25, -0.2) is 0 Å². The second-order valence-corrected chi connectivity index (χ2v) is 4.49. The van der Waals surface area contributed by atoms with E-state index in [2.05, 4.69) is 15.9 Å². The van der Waals surface area contributed by atoms with Gasteiger partial charge in [-0.3, -0.25) is 4.79 Å². The third-order valence-electron chi connectivity index (χ3n) is 2.49. The molecule has 0 aromatic heterocycles. The maximum absolute atomic E-state index is 11.5. The largest absolute Gasteiger partial charge is 0.391 e. The number of rotatable bonds is 1. The van der Waals surface area contributed by atoms with Gasteiger partial charge in [0.05, 0.1) is 24.6 Å². The highest BCUT2D eigenvalue weighted by atomic mass is 79.9. The Bertz CT molecular complexity index is 481. The van der Waals surface area contributed by atoms with Gasteiger partial charge in [-0.1, -0.05) is 0 Å². The number of benzene rings is 1. The summed E-state index contributed by atoms with van der Waals surface area (Å²) in [5, 5.41) is 18.1. The Morgan fingerprint density at radius 2 is 2.31 bits per heavy atom. The number of carbonyl (C=O) groups excluding carboxylic acids is 1. The third kappa shape index (κ3) is 1.94. The number of β-amino-alcohol motifs (C(OH)–C–C–N with tert-alkyl or cyclic N) is 1. The molecule has 1 aliphatic rings. The predicted molar refractivity (Wildman–Crippen MR) is 61.8 cm³/mol. The average molecular weight is 281 g/mol. The van der Waals surface area contributed by atoms with E-state index in [1.165, 1.54) is 4.90 Å². The van der Waals surface area contributed by atoms with Gasteiger partial charge in [-0.05, 0) is 34.1 Å². The van der Waals surface area contributed by atoms with Crippen LogP contribution in [0.3, 0.4) is 0 Å². The lowest BCUT2D eigenvalue weighted by atomic mass is 10.2. The van der Waals surface area contributed by atoms with Crippen molar-refractivity contribution in [3.8, 4) is 6.07 Å². The number of carbonyl (C=O) groups is 1. The van der Waals surface area contributed by atoms with Crippen molar-refractivity contribution in [1.29, 1.82) is 5.26 Å². The van der Waals surface area contributed by atoms with Gasteiger partial charge in [0.25, 0.3) is 0 Å². The van der Waals surface area contributed by atoms with Crippen LogP contribution in [0.4, 0.5) is 5.69 Å². The van der Waals surface area contributed by atoms with Crippen LogP contribution in [-0.2, 0) is 4.79 Å². The minimum atomic E-state index is -0.595. The third-order valence-corrected chi connectivity index (χ3v) is 3.15. The lowest BCUT2D eigenvalue weighted by Gasteiger charge is -2.16. The fraction of sp³-hybridized carbons (Fsp3) is 0.273. The van der Waals surface area contributed by atoms with Crippen molar-refractivity contribution >= 4 is 27.5 Å². The molecule has 82 valence electrons. The highest BCUT2D eigenvalue weighted by Gasteiger charge is 2.29. The zero-order chi connectivity index (χ0) is 11.7. The van der Waals surface area contributed by atoms with Gasteiger partial charge in [-0.2, -0.15) is 5.26 Å². The molecule has 1 aliphatic heterocycles. The molecular formula is C11H9BrN2O2. The van der Waals surface area contributed by atoms with Crippen molar-refractivity contribution in [3.05, 3.63) is 28.2 Å². The van der Waals surface area contributed by atoms with Crippen LogP contribution in [0.2, 0.25) is 0 Å². The number of halogens is 1. The summed E-state index contributed by atoms with van der Waals surface area (Å²) in [5.41, 5.74) is 1.23. The Balaban J connectivity index is 2.32. The molecule has 4 nitrogen and oxygen atoms in total. The van der Waals surface area contributed by atoms with E-state index in [-0.39, 0.29) is 12.3 Å². The monoisotopic (exact) mass is 280 g/mol. The van der Waals surface area contributed by atoms with E-state index in [0.29, 0.717) is 22.3 Å². The summed E-state index contributed by atoms with van der Waals surface area (Å²) in [6.07, 6.45) is -0.431. The molecule has 1 atom stereocenters. The number of nitrogens with zero attached hydrogens (tertiary/aromatic N) is 2. The normalized spacial score (nSPS) is 19.9. The SMILES string of the molecule is N#Cc1ccc(N2CC(O)CC2=O)cc1Br. The second-order valence-electron chi connectivity index (χ2n) is 3.64. The van der Waals surface area contributed by atoms with Crippen molar-refractivity contribution < 1.29 is 9.90 Å². The molecule has 1 saturated heterocycles. The number of aliphatic hydroxyl groups excluding tert-OH is 1. The molecule has 1 aromatic carbocycles. The molecule has 1 heterocycles. The summed E-state index contributed by atoms with van der Waals surface area (Å²) in [6, 6.07) is 7.11. The zero-order valence-electron chi connectivity index (χ0n) is 8.35. The molecule has 0 radical (unpaired) electrons. The van der Waals surface area contributed by atoms with Gasteiger partial charge >= 0.3 is 0 Å². The Labute approximate surface area is 101 Å². The van der Waals surface area contributed by atoms with E-state index < -0.39 is 6.10 Å². The molecule has 5 heteroatoms. The number of hydrogen-bond donors (Lipinski definition) is 1. The highest BCUT2D eigenvalue weighted by Crippen LogP contribution is 2.26. The molecule has 1 amide bonds. The first kappa shape index (κ1) is 11.1. The van der Waals surface area contributed by atoms with Gasteiger partial charge in [0.1, 0.15) is 6.07 Å². The van der Waals surface area contributed by atoms with Crippen LogP contribution in [-0.4, -0.2) is 23.7 Å². The van der Waals surface area contributed by atoms with Gasteiger partial charge < -0.3 is 10.0 Å². The van der Waals surface area contributed by atoms with Crippen LogP contribution in [0.5, 0.6) is 0 Å². The van der Waals surface area contributed by atoms with Crippen molar-refractivity contribution in [2.24, 2.45) is 0 Å². The smallest absolute Gasteiger partial charge is 0.229 e. The molecule has 0 spiro atoms. The van der Waals surface area contributed by atoms with E-state index in [1.807, 2.05) is 6.07 Å². The molecule has 0 aliphatic carbocycles. The Morgan fingerprint density at radius 1 is 1.56 bits per heavy atom. The molecular weight excluding hydrogens is 272 g/mol. The van der Waals surface area contributed by atoms with Crippen LogP contribution in [0, 0.1) is 11.3 Å². The molecule has 16 heavy (non-hydrogen) atoms. The number of nitriles is 1. The van der Waals surface area contributed by atoms with Gasteiger partial charge in [-0.15, -0.1) is 0 Å². The quantitative estimate of drug-likeness (QED) is 0.846. The average Bonchev–Trinajstić information content (AvgIpc) is 2.58. The molecule has 1 unspecified atom stereocenters. The Hall–Kier alpha value is -1.38. The molecule has 1 fully saturated rings. The van der Waals surface area contributed by atoms with Crippen LogP contribution in [0.1, 0.15) is 12.0 Å². The fourth-order valence-electron chi connectivity index (χ4n) is 1.70. The van der Waals surface area contributed by atoms with Crippen LogP contribution >= 0.6 is 15.9 Å². The standard InChI is InChI=1S/C11H9BrN2O2/c12-10-3-8(2-1-7(10)5-13)14-6-9(15)4-11(14)16/h1-3,9,15H,4,6H2. The molecule has 2 rings (SSSR count). The minimum Gasteiger partial charge on any atom is -0.391 e. The fourth-order valence-corrected chi connectivity index (χ4v) is 2.16. The predicted octanol–water partition coefficient (Wildman–Crippen LogP) is 1.42. The lowest BCUT2D eigenvalue weighted by molar-refractivity contribution is -0.117. The van der Waals surface area contributed by atoms with Gasteiger partial charge in [0.2, 0.25) is 5.91 Å². The number of amides is 1. The van der Waals surface area contributed by atoms with Crippen LogP contribution in [0.15, 0.2) is 22.7 Å². The van der Waals surface area contributed by atoms with E-state index in [4.69, 9.17) is 5.26 Å². The number of hydrogen-bond acceptors (Lipinski definition) is 3. The lowest BCUT2D eigenvalue weighted by Crippen LogP contribution is -2.25. The first-order valence-electron chi connectivity index (χ1n) is 4.80. The van der Waals surface area contributed by atoms with E-state index in [0.717, 1.165) is 0 Å². The van der Waals surface area contributed by atoms with Crippen LogP contribution < -0.4 is 4.90 Å². The summed E-state index contributed by atoms with van der Waals surface area (Å²) in [4.78, 5) is 13.1. The van der Waals surface area contributed by atoms with Gasteiger partial charge in [0.15, 0.2) is 0 Å². The Kier molecular flexibility index (Phi) is 2.95. The highest BCUT2D eigenvalue weighted by molar-refractivity contribution is 9.10. The maximum atomic E-state index is 11.5.